The number of rotatable bonds is 4. The van der Waals surface area contributed by atoms with Crippen LogP contribution in [0.3, 0.4) is 0 Å². The average Bonchev–Trinajstić information content (AvgIpc) is 2.41. The van der Waals surface area contributed by atoms with E-state index in [-0.39, 0.29) is 36.1 Å². The van der Waals surface area contributed by atoms with E-state index in [2.05, 4.69) is 5.32 Å². The van der Waals surface area contributed by atoms with Gasteiger partial charge in [-0.1, -0.05) is 12.5 Å². The molecule has 1 aliphatic carbocycles. The molecule has 0 heterocycles. The highest BCUT2D eigenvalue weighted by Crippen LogP contribution is 2.23. The summed E-state index contributed by atoms with van der Waals surface area (Å²) in [6.07, 6.45) is 4.53. The van der Waals surface area contributed by atoms with E-state index in [9.17, 15) is 9.18 Å². The quantitative estimate of drug-likeness (QED) is 0.898. The van der Waals surface area contributed by atoms with E-state index in [4.69, 9.17) is 5.73 Å². The molecular weight excluding hydrogens is 291 g/mol. The molecule has 1 amide bonds. The first-order chi connectivity index (χ1) is 9.56. The van der Waals surface area contributed by atoms with E-state index < -0.39 is 0 Å². The Labute approximate surface area is 131 Å². The highest BCUT2D eigenvalue weighted by molar-refractivity contribution is 5.85. The van der Waals surface area contributed by atoms with Crippen molar-refractivity contribution in [3.05, 3.63) is 35.1 Å². The summed E-state index contributed by atoms with van der Waals surface area (Å²) >= 11 is 0. The van der Waals surface area contributed by atoms with Gasteiger partial charge < -0.3 is 11.1 Å². The largest absolute Gasteiger partial charge is 0.356 e. The van der Waals surface area contributed by atoms with Gasteiger partial charge >= 0.3 is 0 Å². The molecule has 3 nitrogen and oxygen atoms in total. The molecule has 0 aliphatic heterocycles. The number of halogens is 2. The van der Waals surface area contributed by atoms with Crippen LogP contribution in [0.15, 0.2) is 18.2 Å². The van der Waals surface area contributed by atoms with Crippen LogP contribution in [0.25, 0.3) is 0 Å². The number of nitrogens with two attached hydrogens (primary N) is 1. The van der Waals surface area contributed by atoms with Gasteiger partial charge in [-0.2, -0.15) is 0 Å². The first-order valence-electron chi connectivity index (χ1n) is 7.34. The lowest BCUT2D eigenvalue weighted by Gasteiger charge is -2.25. The average molecular weight is 315 g/mol. The molecule has 1 saturated carbocycles. The Morgan fingerprint density at radius 1 is 1.43 bits per heavy atom. The normalized spacial score (nSPS) is 21.5. The first-order valence-corrected chi connectivity index (χ1v) is 7.34. The minimum Gasteiger partial charge on any atom is -0.356 e. The van der Waals surface area contributed by atoms with Crippen molar-refractivity contribution in [3.63, 3.8) is 0 Å². The Kier molecular flexibility index (Phi) is 7.12. The second-order valence-electron chi connectivity index (χ2n) is 5.74. The zero-order valence-corrected chi connectivity index (χ0v) is 13.2. The molecule has 1 aromatic carbocycles. The van der Waals surface area contributed by atoms with Gasteiger partial charge in [-0.25, -0.2) is 4.39 Å². The SMILES string of the molecule is Cc1cc(F)ccc1CCNC(=O)C1CCCC(N)C1.Cl. The molecular formula is C16H24ClFN2O. The fraction of sp³-hybridized carbons (Fsp3) is 0.562. The maximum absolute atomic E-state index is 13.0. The summed E-state index contributed by atoms with van der Waals surface area (Å²) < 4.78 is 13.0. The van der Waals surface area contributed by atoms with Crippen molar-refractivity contribution in [1.29, 1.82) is 0 Å². The molecule has 3 N–H and O–H groups in total. The van der Waals surface area contributed by atoms with Crippen LogP contribution in [-0.2, 0) is 11.2 Å². The molecule has 5 heteroatoms. The highest BCUT2D eigenvalue weighted by Gasteiger charge is 2.24. The maximum Gasteiger partial charge on any atom is 0.223 e. The number of carbonyl (C=O) groups is 1. The molecule has 1 aliphatic rings. The summed E-state index contributed by atoms with van der Waals surface area (Å²) in [4.78, 5) is 12.0. The van der Waals surface area contributed by atoms with Crippen molar-refractivity contribution < 1.29 is 9.18 Å². The molecule has 0 saturated heterocycles. The monoisotopic (exact) mass is 314 g/mol. The van der Waals surface area contributed by atoms with Crippen LogP contribution in [0, 0.1) is 18.7 Å². The van der Waals surface area contributed by atoms with Crippen LogP contribution in [0.2, 0.25) is 0 Å². The number of carbonyl (C=O) groups excluding carboxylic acids is 1. The van der Waals surface area contributed by atoms with Gasteiger partial charge in [0.25, 0.3) is 0 Å². The Morgan fingerprint density at radius 3 is 2.86 bits per heavy atom. The van der Waals surface area contributed by atoms with Crippen molar-refractivity contribution >= 4 is 18.3 Å². The summed E-state index contributed by atoms with van der Waals surface area (Å²) in [5.74, 6) is -0.0422. The van der Waals surface area contributed by atoms with Gasteiger partial charge in [-0.3, -0.25) is 4.79 Å². The molecule has 21 heavy (non-hydrogen) atoms. The van der Waals surface area contributed by atoms with E-state index in [0.29, 0.717) is 6.54 Å². The molecule has 2 atom stereocenters. The Hall–Kier alpha value is -1.13. The fourth-order valence-electron chi connectivity index (χ4n) is 2.87. The van der Waals surface area contributed by atoms with Crippen molar-refractivity contribution in [2.45, 2.75) is 45.1 Å². The van der Waals surface area contributed by atoms with Crippen LogP contribution >= 0.6 is 12.4 Å². The van der Waals surface area contributed by atoms with Crippen LogP contribution < -0.4 is 11.1 Å². The standard InChI is InChI=1S/C16H23FN2O.ClH/c1-11-9-14(17)6-5-12(11)7-8-19-16(20)13-3-2-4-15(18)10-13;/h5-6,9,13,15H,2-4,7-8,10,18H2,1H3,(H,19,20);1H. The third kappa shape index (κ3) is 5.29. The lowest BCUT2D eigenvalue weighted by Crippen LogP contribution is -2.38. The zero-order chi connectivity index (χ0) is 14.5. The first kappa shape index (κ1) is 17.9. The van der Waals surface area contributed by atoms with Gasteiger partial charge in [0, 0.05) is 18.5 Å². The van der Waals surface area contributed by atoms with E-state index in [1.54, 1.807) is 6.07 Å². The van der Waals surface area contributed by atoms with Crippen molar-refractivity contribution in [3.8, 4) is 0 Å². The maximum atomic E-state index is 13.0. The Balaban J connectivity index is 0.00000220. The minimum absolute atomic E-state index is 0. The molecule has 1 fully saturated rings. The summed E-state index contributed by atoms with van der Waals surface area (Å²) in [6, 6.07) is 4.94. The van der Waals surface area contributed by atoms with Gasteiger partial charge in [0.1, 0.15) is 5.82 Å². The number of hydrogen-bond donors (Lipinski definition) is 2. The summed E-state index contributed by atoms with van der Waals surface area (Å²) in [7, 11) is 0. The van der Waals surface area contributed by atoms with Crippen molar-refractivity contribution in [2.75, 3.05) is 6.54 Å². The van der Waals surface area contributed by atoms with Crippen LogP contribution in [0.4, 0.5) is 4.39 Å². The van der Waals surface area contributed by atoms with Crippen molar-refractivity contribution in [2.24, 2.45) is 11.7 Å². The van der Waals surface area contributed by atoms with Crippen LogP contribution in [0.1, 0.15) is 36.8 Å². The van der Waals surface area contributed by atoms with E-state index in [1.165, 1.54) is 12.1 Å². The predicted molar refractivity (Wildman–Crippen MR) is 85.0 cm³/mol. The van der Waals surface area contributed by atoms with Crippen molar-refractivity contribution in [1.82, 2.24) is 5.32 Å². The molecule has 2 unspecified atom stereocenters. The van der Waals surface area contributed by atoms with E-state index in [1.807, 2.05) is 6.92 Å². The minimum atomic E-state index is -0.216. The smallest absolute Gasteiger partial charge is 0.223 e. The third-order valence-corrected chi connectivity index (χ3v) is 4.08. The molecule has 118 valence electrons. The lowest BCUT2D eigenvalue weighted by molar-refractivity contribution is -0.126. The number of nitrogens with one attached hydrogen (secondary N) is 1. The second-order valence-corrected chi connectivity index (χ2v) is 5.74. The van der Waals surface area contributed by atoms with E-state index >= 15 is 0 Å². The summed E-state index contributed by atoms with van der Waals surface area (Å²) in [6.45, 7) is 2.48. The molecule has 0 radical (unpaired) electrons. The number of hydrogen-bond acceptors (Lipinski definition) is 2. The second kappa shape index (κ2) is 8.35. The fourth-order valence-corrected chi connectivity index (χ4v) is 2.87. The number of benzene rings is 1. The molecule has 2 rings (SSSR count). The van der Waals surface area contributed by atoms with Gasteiger partial charge in [-0.05, 0) is 55.9 Å². The number of amides is 1. The highest BCUT2D eigenvalue weighted by atomic mass is 35.5. The third-order valence-electron chi connectivity index (χ3n) is 4.08. The lowest BCUT2D eigenvalue weighted by atomic mass is 9.85. The summed E-state index contributed by atoms with van der Waals surface area (Å²) in [5.41, 5.74) is 7.91. The van der Waals surface area contributed by atoms with Crippen LogP contribution in [0.5, 0.6) is 0 Å². The van der Waals surface area contributed by atoms with Gasteiger partial charge in [0.05, 0.1) is 0 Å². The summed E-state index contributed by atoms with van der Waals surface area (Å²) in [5, 5.41) is 2.98. The molecule has 0 bridgehead atoms. The molecule has 1 aromatic rings. The number of aryl methyl sites for hydroxylation is 1. The molecule has 0 spiro atoms. The molecule has 0 aromatic heterocycles. The Morgan fingerprint density at radius 2 is 2.19 bits per heavy atom. The van der Waals surface area contributed by atoms with Gasteiger partial charge in [-0.15, -0.1) is 12.4 Å². The predicted octanol–water partition coefficient (Wildman–Crippen LogP) is 2.73. The van der Waals surface area contributed by atoms with Gasteiger partial charge in [0.15, 0.2) is 0 Å². The Bertz CT molecular complexity index is 481. The topological polar surface area (TPSA) is 55.1 Å². The van der Waals surface area contributed by atoms with Gasteiger partial charge in [0.2, 0.25) is 5.91 Å². The van der Waals surface area contributed by atoms with Crippen LogP contribution in [-0.4, -0.2) is 18.5 Å². The van der Waals surface area contributed by atoms with E-state index in [0.717, 1.165) is 43.2 Å². The zero-order valence-electron chi connectivity index (χ0n) is 12.4.